The second-order valence-electron chi connectivity index (χ2n) is 3.63. The van der Waals surface area contributed by atoms with Crippen molar-refractivity contribution in [3.05, 3.63) is 11.4 Å². The molecule has 0 amide bonds. The Morgan fingerprint density at radius 2 is 1.92 bits per heavy atom. The van der Waals surface area contributed by atoms with Crippen molar-refractivity contribution in [3.63, 3.8) is 0 Å². The van der Waals surface area contributed by atoms with Crippen LogP contribution in [0.5, 0.6) is 0 Å². The standard InChI is InChI=1S/C9H15N2P/c1-7-9(11-12-10-7)8-5-3-2-4-6-8/h8,12H,2-6H2,1H3. The third kappa shape index (κ3) is 1.54. The van der Waals surface area contributed by atoms with Crippen molar-refractivity contribution in [3.8, 4) is 0 Å². The normalized spacial score (nSPS) is 20.4. The minimum absolute atomic E-state index is 0.470. The number of aromatic nitrogens is 2. The highest BCUT2D eigenvalue weighted by atomic mass is 31.1. The average molecular weight is 182 g/mol. The summed E-state index contributed by atoms with van der Waals surface area (Å²) in [6, 6.07) is 0. The van der Waals surface area contributed by atoms with E-state index in [-0.39, 0.29) is 0 Å². The van der Waals surface area contributed by atoms with Gasteiger partial charge in [0.1, 0.15) is 0 Å². The summed E-state index contributed by atoms with van der Waals surface area (Å²) in [5.74, 6) is 0.748. The van der Waals surface area contributed by atoms with Crippen LogP contribution in [-0.4, -0.2) is 9.49 Å². The molecule has 1 aromatic rings. The molecule has 0 aliphatic heterocycles. The van der Waals surface area contributed by atoms with Gasteiger partial charge in [0.05, 0.1) is 19.9 Å². The molecule has 0 spiro atoms. The summed E-state index contributed by atoms with van der Waals surface area (Å²) in [7, 11) is 0.470. The van der Waals surface area contributed by atoms with E-state index >= 15 is 0 Å². The first-order valence-corrected chi connectivity index (χ1v) is 5.64. The third-order valence-corrected chi connectivity index (χ3v) is 3.53. The zero-order valence-corrected chi connectivity index (χ0v) is 8.51. The summed E-state index contributed by atoms with van der Waals surface area (Å²) in [5.41, 5.74) is 2.54. The van der Waals surface area contributed by atoms with Gasteiger partial charge in [0.2, 0.25) is 0 Å². The van der Waals surface area contributed by atoms with E-state index in [2.05, 4.69) is 16.4 Å². The van der Waals surface area contributed by atoms with Gasteiger partial charge in [0.15, 0.2) is 0 Å². The summed E-state index contributed by atoms with van der Waals surface area (Å²) < 4.78 is 8.81. The van der Waals surface area contributed by atoms with Crippen molar-refractivity contribution in [2.75, 3.05) is 0 Å². The van der Waals surface area contributed by atoms with Gasteiger partial charge >= 0.3 is 0 Å². The highest BCUT2D eigenvalue weighted by Crippen LogP contribution is 2.33. The Kier molecular flexibility index (Phi) is 2.45. The molecule has 1 fully saturated rings. The topological polar surface area (TPSA) is 25.8 Å². The molecule has 0 radical (unpaired) electrons. The van der Waals surface area contributed by atoms with E-state index in [1.807, 2.05) is 0 Å². The predicted octanol–water partition coefficient (Wildman–Crippen LogP) is 2.86. The Hall–Kier alpha value is -0.360. The van der Waals surface area contributed by atoms with Gasteiger partial charge in [-0.3, -0.25) is 0 Å². The summed E-state index contributed by atoms with van der Waals surface area (Å²) in [6.07, 6.45) is 6.88. The SMILES string of the molecule is Cc1n[pH]nc1C1CCCCC1. The van der Waals surface area contributed by atoms with Crippen molar-refractivity contribution in [1.82, 2.24) is 9.49 Å². The van der Waals surface area contributed by atoms with E-state index in [1.165, 1.54) is 43.5 Å². The first-order chi connectivity index (χ1) is 5.88. The van der Waals surface area contributed by atoms with Crippen molar-refractivity contribution in [1.29, 1.82) is 0 Å². The van der Waals surface area contributed by atoms with Gasteiger partial charge in [-0.05, 0) is 19.8 Å². The smallest absolute Gasteiger partial charge is 0.0706 e. The molecule has 1 unspecified atom stereocenters. The van der Waals surface area contributed by atoms with Gasteiger partial charge in [0, 0.05) is 5.92 Å². The molecule has 0 bridgehead atoms. The van der Waals surface area contributed by atoms with Gasteiger partial charge in [0.25, 0.3) is 0 Å². The number of hydrogen-bond acceptors (Lipinski definition) is 2. The summed E-state index contributed by atoms with van der Waals surface area (Å²) in [6.45, 7) is 2.10. The van der Waals surface area contributed by atoms with Crippen molar-refractivity contribution < 1.29 is 0 Å². The molecule has 1 atom stereocenters. The molecule has 2 rings (SSSR count). The zero-order valence-electron chi connectivity index (χ0n) is 7.51. The van der Waals surface area contributed by atoms with Crippen LogP contribution in [0, 0.1) is 6.92 Å². The molecule has 0 N–H and O–H groups in total. The molecule has 66 valence electrons. The Bertz CT molecular complexity index is 251. The second kappa shape index (κ2) is 3.57. The Balaban J connectivity index is 2.13. The van der Waals surface area contributed by atoms with E-state index in [4.69, 9.17) is 0 Å². The van der Waals surface area contributed by atoms with E-state index in [1.54, 1.807) is 0 Å². The summed E-state index contributed by atoms with van der Waals surface area (Å²) >= 11 is 0. The molecular weight excluding hydrogens is 167 g/mol. The maximum Gasteiger partial charge on any atom is 0.0706 e. The van der Waals surface area contributed by atoms with Gasteiger partial charge in [-0.2, -0.15) is 0 Å². The lowest BCUT2D eigenvalue weighted by atomic mass is 9.86. The molecule has 2 nitrogen and oxygen atoms in total. The van der Waals surface area contributed by atoms with E-state index in [9.17, 15) is 0 Å². The number of hydrogen-bond donors (Lipinski definition) is 0. The molecule has 1 aliphatic rings. The highest BCUT2D eigenvalue weighted by molar-refractivity contribution is 7.20. The number of rotatable bonds is 1. The largest absolute Gasteiger partial charge is 0.225 e. The van der Waals surface area contributed by atoms with Crippen molar-refractivity contribution in [2.24, 2.45) is 0 Å². The summed E-state index contributed by atoms with van der Waals surface area (Å²) in [5, 5.41) is 0. The molecular formula is C9H15N2P. The quantitative estimate of drug-likeness (QED) is 0.667. The molecule has 1 aliphatic carbocycles. The lowest BCUT2D eigenvalue weighted by Gasteiger charge is -2.19. The second-order valence-corrected chi connectivity index (χ2v) is 4.28. The fourth-order valence-corrected chi connectivity index (χ4v) is 2.82. The van der Waals surface area contributed by atoms with Crippen LogP contribution in [0.3, 0.4) is 0 Å². The van der Waals surface area contributed by atoms with Gasteiger partial charge in [-0.25, -0.2) is 9.49 Å². The van der Waals surface area contributed by atoms with Crippen LogP contribution in [-0.2, 0) is 0 Å². The monoisotopic (exact) mass is 182 g/mol. The van der Waals surface area contributed by atoms with Crippen molar-refractivity contribution in [2.45, 2.75) is 44.9 Å². The van der Waals surface area contributed by atoms with E-state index in [0.29, 0.717) is 8.51 Å². The van der Waals surface area contributed by atoms with Crippen LogP contribution in [0.2, 0.25) is 0 Å². The Labute approximate surface area is 75.0 Å². The molecule has 1 saturated carbocycles. The Morgan fingerprint density at radius 1 is 1.17 bits per heavy atom. The Morgan fingerprint density at radius 3 is 2.50 bits per heavy atom. The van der Waals surface area contributed by atoms with Crippen LogP contribution in [0.1, 0.15) is 49.4 Å². The van der Waals surface area contributed by atoms with E-state index < -0.39 is 0 Å². The van der Waals surface area contributed by atoms with Crippen LogP contribution in [0.15, 0.2) is 0 Å². The molecule has 3 heteroatoms. The maximum absolute atomic E-state index is 4.48. The lowest BCUT2D eigenvalue weighted by Crippen LogP contribution is -2.05. The predicted molar refractivity (Wildman–Crippen MR) is 52.1 cm³/mol. The van der Waals surface area contributed by atoms with Gasteiger partial charge < -0.3 is 0 Å². The third-order valence-electron chi connectivity index (χ3n) is 2.75. The number of nitrogens with zero attached hydrogens (tertiary/aromatic N) is 2. The van der Waals surface area contributed by atoms with Gasteiger partial charge in [-0.15, -0.1) is 0 Å². The highest BCUT2D eigenvalue weighted by Gasteiger charge is 2.19. The first kappa shape index (κ1) is 8.25. The zero-order chi connectivity index (χ0) is 8.39. The molecule has 12 heavy (non-hydrogen) atoms. The van der Waals surface area contributed by atoms with Gasteiger partial charge in [-0.1, -0.05) is 19.3 Å². The molecule has 0 aromatic carbocycles. The van der Waals surface area contributed by atoms with E-state index in [0.717, 1.165) is 5.92 Å². The van der Waals surface area contributed by atoms with Crippen LogP contribution < -0.4 is 0 Å². The summed E-state index contributed by atoms with van der Waals surface area (Å²) in [4.78, 5) is 0. The molecule has 1 aromatic heterocycles. The fraction of sp³-hybridized carbons (Fsp3) is 0.778. The van der Waals surface area contributed by atoms with Crippen LogP contribution >= 0.6 is 8.51 Å². The maximum atomic E-state index is 4.48. The van der Waals surface area contributed by atoms with Crippen LogP contribution in [0.4, 0.5) is 0 Å². The average Bonchev–Trinajstić information content (AvgIpc) is 2.53. The fourth-order valence-electron chi connectivity index (χ4n) is 2.05. The molecule has 0 saturated heterocycles. The molecule has 1 heterocycles. The minimum Gasteiger partial charge on any atom is -0.225 e. The number of aryl methyl sites for hydroxylation is 1. The van der Waals surface area contributed by atoms with Crippen molar-refractivity contribution >= 4 is 8.51 Å². The first-order valence-electron chi connectivity index (χ1n) is 4.75. The lowest BCUT2D eigenvalue weighted by molar-refractivity contribution is 0.437. The van der Waals surface area contributed by atoms with Crippen LogP contribution in [0.25, 0.3) is 0 Å². The minimum atomic E-state index is 0.470.